The number of rotatable bonds is 11. The molecule has 3 fully saturated rings. The van der Waals surface area contributed by atoms with Gasteiger partial charge in [0.25, 0.3) is 0 Å². The third kappa shape index (κ3) is 7.09. The van der Waals surface area contributed by atoms with Crippen molar-refractivity contribution >= 4 is 5.78 Å². The third-order valence-electron chi connectivity index (χ3n) is 10.8. The van der Waals surface area contributed by atoms with Gasteiger partial charge in [0.05, 0.1) is 23.9 Å². The highest BCUT2D eigenvalue weighted by Crippen LogP contribution is 2.45. The number of carbonyl (C=O) groups is 1. The minimum absolute atomic E-state index is 0.0359. The second kappa shape index (κ2) is 12.7. The molecule has 0 aromatic carbocycles. The van der Waals surface area contributed by atoms with Gasteiger partial charge in [-0.3, -0.25) is 4.79 Å². The number of ether oxygens (including phenoxy) is 2. The van der Waals surface area contributed by atoms with Gasteiger partial charge >= 0.3 is 0 Å². The number of hydrogen-bond acceptors (Lipinski definition) is 3. The van der Waals surface area contributed by atoms with Gasteiger partial charge in [0.1, 0.15) is 5.78 Å². The molecule has 3 rings (SSSR count). The molecule has 0 amide bonds. The van der Waals surface area contributed by atoms with Crippen molar-refractivity contribution in [1.29, 1.82) is 0 Å². The van der Waals surface area contributed by atoms with Gasteiger partial charge in [0.2, 0.25) is 0 Å². The lowest BCUT2D eigenvalue weighted by Crippen LogP contribution is -2.38. The quantitative estimate of drug-likeness (QED) is 0.299. The Kier molecular flexibility index (Phi) is 10.5. The Morgan fingerprint density at radius 1 is 0.618 bits per heavy atom. The molecule has 0 aliphatic heterocycles. The van der Waals surface area contributed by atoms with Crippen LogP contribution in [-0.4, -0.2) is 29.7 Å². The van der Waals surface area contributed by atoms with E-state index in [1.54, 1.807) is 0 Å². The first-order chi connectivity index (χ1) is 16.3. The Balaban J connectivity index is 1.35. The summed E-state index contributed by atoms with van der Waals surface area (Å²) < 4.78 is 13.0. The molecule has 0 radical (unpaired) electrons. The van der Waals surface area contributed by atoms with Crippen molar-refractivity contribution in [3.05, 3.63) is 0 Å². The van der Waals surface area contributed by atoms with Crippen LogP contribution in [-0.2, 0) is 14.3 Å². The molecule has 3 nitrogen and oxygen atoms in total. The van der Waals surface area contributed by atoms with Gasteiger partial charge in [-0.2, -0.15) is 0 Å². The van der Waals surface area contributed by atoms with Crippen LogP contribution in [0.2, 0.25) is 0 Å². The summed E-state index contributed by atoms with van der Waals surface area (Å²) in [6.45, 7) is 13.9. The molecule has 0 heterocycles. The third-order valence-corrected chi connectivity index (χ3v) is 10.8. The summed E-state index contributed by atoms with van der Waals surface area (Å²) in [7, 11) is 0. The fraction of sp³-hybridized carbons (Fsp3) is 0.968. The molecular formula is C31H56O3. The molecule has 34 heavy (non-hydrogen) atoms. The predicted molar refractivity (Wildman–Crippen MR) is 142 cm³/mol. The van der Waals surface area contributed by atoms with Crippen LogP contribution in [0.15, 0.2) is 0 Å². The smallest absolute Gasteiger partial charge is 0.139 e. The Morgan fingerprint density at radius 3 is 1.47 bits per heavy atom. The zero-order valence-electron chi connectivity index (χ0n) is 23.5. The Bertz CT molecular complexity index is 596. The minimum atomic E-state index is 0.0359. The van der Waals surface area contributed by atoms with Crippen molar-refractivity contribution in [3.63, 3.8) is 0 Å². The van der Waals surface area contributed by atoms with Gasteiger partial charge in [0, 0.05) is 11.8 Å². The largest absolute Gasteiger partial charge is 0.375 e. The van der Waals surface area contributed by atoms with Crippen LogP contribution in [0.1, 0.15) is 144 Å². The fourth-order valence-corrected chi connectivity index (χ4v) is 7.10. The molecule has 198 valence electrons. The van der Waals surface area contributed by atoms with Gasteiger partial charge in [0.15, 0.2) is 0 Å². The van der Waals surface area contributed by atoms with Crippen molar-refractivity contribution in [2.75, 3.05) is 0 Å². The second-order valence-electron chi connectivity index (χ2n) is 12.6. The molecule has 3 heteroatoms. The highest BCUT2D eigenvalue weighted by Gasteiger charge is 2.38. The van der Waals surface area contributed by atoms with E-state index in [-0.39, 0.29) is 5.60 Å². The first kappa shape index (κ1) is 28.2. The molecule has 0 saturated heterocycles. The molecule has 3 saturated carbocycles. The van der Waals surface area contributed by atoms with E-state index >= 15 is 0 Å². The summed E-state index contributed by atoms with van der Waals surface area (Å²) in [5, 5.41) is 0. The molecule has 3 aliphatic carbocycles. The summed E-state index contributed by atoms with van der Waals surface area (Å²) in [5.74, 6) is 2.05. The van der Waals surface area contributed by atoms with Gasteiger partial charge in [-0.05, 0) is 108 Å². The van der Waals surface area contributed by atoms with Crippen molar-refractivity contribution in [3.8, 4) is 0 Å². The summed E-state index contributed by atoms with van der Waals surface area (Å²) in [5.41, 5.74) is 0.508. The van der Waals surface area contributed by atoms with Crippen molar-refractivity contribution in [1.82, 2.24) is 0 Å². The minimum Gasteiger partial charge on any atom is -0.375 e. The molecule has 0 aromatic rings. The van der Waals surface area contributed by atoms with E-state index in [4.69, 9.17) is 9.47 Å². The maximum Gasteiger partial charge on any atom is 0.139 e. The van der Waals surface area contributed by atoms with E-state index in [9.17, 15) is 4.79 Å². The van der Waals surface area contributed by atoms with E-state index in [1.165, 1.54) is 25.7 Å². The summed E-state index contributed by atoms with van der Waals surface area (Å²) in [4.78, 5) is 13.3. The lowest BCUT2D eigenvalue weighted by atomic mass is 9.64. The Labute approximate surface area is 211 Å². The average molecular weight is 477 g/mol. The predicted octanol–water partition coefficient (Wildman–Crippen LogP) is 8.67. The van der Waals surface area contributed by atoms with E-state index in [0.717, 1.165) is 83.0 Å². The highest BCUT2D eigenvalue weighted by molar-refractivity contribution is 5.83. The standard InChI is InChI=1S/C31H56O3/c1-7-30(5,8-2)25-15-11-23(12-16-25)29(32)24-13-17-26(18-14-24)33-27-19-21-28(22-20-27)34-31(6,9-3)10-4/h23-28H,7-22H2,1-6H3. The molecule has 3 aliphatic rings. The molecule has 0 bridgehead atoms. The van der Waals surface area contributed by atoms with Crippen LogP contribution in [0.4, 0.5) is 0 Å². The number of carbonyl (C=O) groups excluding carboxylic acids is 1. The van der Waals surface area contributed by atoms with E-state index in [0.29, 0.717) is 41.3 Å². The second-order valence-corrected chi connectivity index (χ2v) is 12.6. The Morgan fingerprint density at radius 2 is 1.03 bits per heavy atom. The lowest BCUT2D eigenvalue weighted by molar-refractivity contribution is -0.134. The van der Waals surface area contributed by atoms with Crippen molar-refractivity contribution in [2.24, 2.45) is 23.2 Å². The zero-order chi connectivity index (χ0) is 24.8. The van der Waals surface area contributed by atoms with Crippen LogP contribution < -0.4 is 0 Å². The summed E-state index contributed by atoms with van der Waals surface area (Å²) in [6, 6.07) is 0. The molecule has 0 aromatic heterocycles. The molecule has 0 spiro atoms. The van der Waals surface area contributed by atoms with Crippen LogP contribution in [0, 0.1) is 23.2 Å². The molecule has 0 N–H and O–H groups in total. The number of Topliss-reactive ketones (excluding diaryl/α,β-unsaturated/α-hetero) is 1. The SMILES string of the molecule is CCC(C)(CC)OC1CCC(OC2CCC(C(=O)C3CCC(C(C)(CC)CC)CC3)CC2)CC1. The normalized spacial score (nSPS) is 33.6. The van der Waals surface area contributed by atoms with Gasteiger partial charge < -0.3 is 9.47 Å². The summed E-state index contributed by atoms with van der Waals surface area (Å²) >= 11 is 0. The molecule has 0 atom stereocenters. The van der Waals surface area contributed by atoms with E-state index in [2.05, 4.69) is 41.5 Å². The maximum atomic E-state index is 13.3. The van der Waals surface area contributed by atoms with Crippen molar-refractivity contribution < 1.29 is 14.3 Å². The maximum absolute atomic E-state index is 13.3. The number of ketones is 1. The van der Waals surface area contributed by atoms with E-state index in [1.807, 2.05) is 0 Å². The van der Waals surface area contributed by atoms with Crippen LogP contribution in [0.5, 0.6) is 0 Å². The Hall–Kier alpha value is -0.410. The average Bonchev–Trinajstić information content (AvgIpc) is 2.89. The molecule has 0 unspecified atom stereocenters. The first-order valence-corrected chi connectivity index (χ1v) is 15.1. The van der Waals surface area contributed by atoms with E-state index < -0.39 is 0 Å². The highest BCUT2D eigenvalue weighted by atomic mass is 16.5. The van der Waals surface area contributed by atoms with Crippen LogP contribution in [0.25, 0.3) is 0 Å². The van der Waals surface area contributed by atoms with Crippen LogP contribution in [0.3, 0.4) is 0 Å². The molecular weight excluding hydrogens is 420 g/mol. The lowest BCUT2D eigenvalue weighted by Gasteiger charge is -2.41. The fourth-order valence-electron chi connectivity index (χ4n) is 7.10. The zero-order valence-corrected chi connectivity index (χ0v) is 23.5. The van der Waals surface area contributed by atoms with Gasteiger partial charge in [-0.15, -0.1) is 0 Å². The summed E-state index contributed by atoms with van der Waals surface area (Å²) in [6.07, 6.45) is 19.4. The topological polar surface area (TPSA) is 35.5 Å². The number of hydrogen-bond donors (Lipinski definition) is 0. The van der Waals surface area contributed by atoms with Crippen LogP contribution >= 0.6 is 0 Å². The monoisotopic (exact) mass is 476 g/mol. The van der Waals surface area contributed by atoms with Gasteiger partial charge in [-0.1, -0.05) is 47.5 Å². The van der Waals surface area contributed by atoms with Gasteiger partial charge in [-0.25, -0.2) is 0 Å². The van der Waals surface area contributed by atoms with Crippen molar-refractivity contribution in [2.45, 2.75) is 168 Å². The first-order valence-electron chi connectivity index (χ1n) is 15.1.